The topological polar surface area (TPSA) is 33.7 Å². The normalized spacial score (nSPS) is 26.7. The molecule has 0 amide bonds. The van der Waals surface area contributed by atoms with Crippen LogP contribution in [0.2, 0.25) is 0 Å². The van der Waals surface area contributed by atoms with Gasteiger partial charge in [-0.15, -0.1) is 6.58 Å². The van der Waals surface area contributed by atoms with Gasteiger partial charge in [0.15, 0.2) is 0 Å². The first kappa shape index (κ1) is 27.4. The summed E-state index contributed by atoms with van der Waals surface area (Å²) < 4.78 is 51.0. The molecule has 0 aromatic heterocycles. The zero-order chi connectivity index (χ0) is 26.5. The molecule has 2 aromatic carbocycles. The van der Waals surface area contributed by atoms with Crippen molar-refractivity contribution in [2.24, 2.45) is 0 Å². The van der Waals surface area contributed by atoms with Crippen LogP contribution in [-0.2, 0) is 16.3 Å². The molecular formula is C30H37F3N2O2. The van der Waals surface area contributed by atoms with Crippen LogP contribution in [0.5, 0.6) is 5.75 Å². The van der Waals surface area contributed by atoms with E-state index in [1.54, 1.807) is 19.3 Å². The van der Waals surface area contributed by atoms with Gasteiger partial charge < -0.3 is 14.8 Å². The number of fused-ring (bicyclic) bond motifs is 1. The van der Waals surface area contributed by atoms with Crippen LogP contribution >= 0.6 is 0 Å². The highest BCUT2D eigenvalue weighted by molar-refractivity contribution is 5.51. The molecule has 0 unspecified atom stereocenters. The van der Waals surface area contributed by atoms with E-state index in [0.717, 1.165) is 57.1 Å². The molecular weight excluding hydrogens is 477 g/mol. The van der Waals surface area contributed by atoms with Gasteiger partial charge in [-0.2, -0.15) is 13.2 Å². The third-order valence-corrected chi connectivity index (χ3v) is 8.15. The van der Waals surface area contributed by atoms with Gasteiger partial charge in [0.05, 0.1) is 18.3 Å². The Morgan fingerprint density at radius 3 is 2.68 bits per heavy atom. The quantitative estimate of drug-likeness (QED) is 0.411. The number of ether oxygens (including phenoxy) is 2. The number of benzene rings is 2. The third kappa shape index (κ3) is 5.79. The van der Waals surface area contributed by atoms with Crippen molar-refractivity contribution in [1.29, 1.82) is 0 Å². The summed E-state index contributed by atoms with van der Waals surface area (Å²) in [7, 11) is 3.52. The van der Waals surface area contributed by atoms with Crippen molar-refractivity contribution in [3.8, 4) is 5.75 Å². The molecule has 0 spiro atoms. The first-order chi connectivity index (χ1) is 17.7. The second kappa shape index (κ2) is 11.4. The zero-order valence-electron chi connectivity index (χ0n) is 21.7. The number of piperidine rings is 1. The molecule has 1 N–H and O–H groups in total. The summed E-state index contributed by atoms with van der Waals surface area (Å²) in [5, 5.41) is 3.64. The van der Waals surface area contributed by atoms with Gasteiger partial charge in [0.1, 0.15) is 5.75 Å². The van der Waals surface area contributed by atoms with Crippen molar-refractivity contribution in [2.75, 3.05) is 40.4 Å². The lowest BCUT2D eigenvalue weighted by atomic mass is 9.55. The van der Waals surface area contributed by atoms with E-state index in [0.29, 0.717) is 12.1 Å². The Labute approximate surface area is 218 Å². The Balaban J connectivity index is 1.53. The number of alkyl halides is 3. The van der Waals surface area contributed by atoms with Crippen LogP contribution in [-0.4, -0.2) is 56.9 Å². The maximum atomic E-state index is 13.0. The molecule has 1 saturated heterocycles. The molecule has 1 aliphatic heterocycles. The van der Waals surface area contributed by atoms with Crippen molar-refractivity contribution >= 4 is 6.08 Å². The largest absolute Gasteiger partial charge is 0.497 e. The van der Waals surface area contributed by atoms with Gasteiger partial charge in [0, 0.05) is 38.2 Å². The summed E-state index contributed by atoms with van der Waals surface area (Å²) in [6.07, 6.45) is 4.99. The van der Waals surface area contributed by atoms with Crippen molar-refractivity contribution < 1.29 is 22.6 Å². The highest BCUT2D eigenvalue weighted by Crippen LogP contribution is 2.53. The van der Waals surface area contributed by atoms with E-state index in [9.17, 15) is 13.2 Å². The number of rotatable bonds is 9. The number of hydrogen-bond donors (Lipinski definition) is 1. The maximum absolute atomic E-state index is 13.0. The van der Waals surface area contributed by atoms with Gasteiger partial charge in [-0.3, -0.25) is 4.90 Å². The second-order valence-corrected chi connectivity index (χ2v) is 10.2. The molecule has 4 nitrogen and oxygen atoms in total. The predicted octanol–water partition coefficient (Wildman–Crippen LogP) is 6.08. The summed E-state index contributed by atoms with van der Waals surface area (Å²) in [5.74, 6) is 0.838. The van der Waals surface area contributed by atoms with E-state index in [-0.39, 0.29) is 17.1 Å². The summed E-state index contributed by atoms with van der Waals surface area (Å²) in [6.45, 7) is 7.14. The number of halogens is 3. The second-order valence-electron chi connectivity index (χ2n) is 10.2. The molecule has 7 heteroatoms. The number of nitrogens with zero attached hydrogens (tertiary/aromatic N) is 1. The number of hydrogen-bond acceptors (Lipinski definition) is 4. The predicted molar refractivity (Wildman–Crippen MR) is 142 cm³/mol. The minimum Gasteiger partial charge on any atom is -0.497 e. The van der Waals surface area contributed by atoms with Crippen molar-refractivity contribution in [1.82, 2.24) is 10.2 Å². The van der Waals surface area contributed by atoms with Gasteiger partial charge >= 0.3 is 6.18 Å². The lowest BCUT2D eigenvalue weighted by Gasteiger charge is -2.60. The Bertz CT molecular complexity index is 1100. The van der Waals surface area contributed by atoms with Crippen LogP contribution in [0.4, 0.5) is 13.2 Å². The van der Waals surface area contributed by atoms with Gasteiger partial charge in [-0.05, 0) is 67.6 Å². The number of nitrogens with one attached hydrogen (secondary N) is 1. The maximum Gasteiger partial charge on any atom is 0.416 e. The van der Waals surface area contributed by atoms with E-state index in [1.807, 2.05) is 31.4 Å². The van der Waals surface area contributed by atoms with E-state index >= 15 is 0 Å². The highest BCUT2D eigenvalue weighted by Gasteiger charge is 2.58. The van der Waals surface area contributed by atoms with Crippen LogP contribution < -0.4 is 10.1 Å². The fourth-order valence-corrected chi connectivity index (χ4v) is 6.27. The molecule has 0 bridgehead atoms. The summed E-state index contributed by atoms with van der Waals surface area (Å²) in [6, 6.07) is 14.0. The van der Waals surface area contributed by atoms with Crippen LogP contribution in [0.15, 0.2) is 67.3 Å². The smallest absolute Gasteiger partial charge is 0.416 e. The standard InChI is InChI=1S/C30H37F3N2O2/c1-4-17-35-18-15-28(24-10-6-12-27(20-24)36-2)21-26(13-14-29(28,22-35)37-3)34-16-7-9-23-8-5-11-25(19-23)30(31,32)33/h4-12,19-20,26,34H,1,13-18,21-22H2,2-3H3/t26-,28-,29-/m0/s1. The molecule has 1 saturated carbocycles. The van der Waals surface area contributed by atoms with E-state index in [2.05, 4.69) is 28.9 Å². The van der Waals surface area contributed by atoms with Crippen molar-refractivity contribution in [3.05, 3.63) is 84.0 Å². The molecule has 37 heavy (non-hydrogen) atoms. The summed E-state index contributed by atoms with van der Waals surface area (Å²) in [5.41, 5.74) is 0.634. The van der Waals surface area contributed by atoms with Gasteiger partial charge in [0.25, 0.3) is 0 Å². The molecule has 2 aromatic rings. The molecule has 3 atom stereocenters. The van der Waals surface area contributed by atoms with Crippen molar-refractivity contribution in [2.45, 2.75) is 48.9 Å². The summed E-state index contributed by atoms with van der Waals surface area (Å²) in [4.78, 5) is 2.42. The number of likely N-dealkylation sites (tertiary alicyclic amines) is 1. The first-order valence-corrected chi connectivity index (χ1v) is 12.9. The highest BCUT2D eigenvalue weighted by atomic mass is 19.4. The minimum atomic E-state index is -4.34. The van der Waals surface area contributed by atoms with E-state index in [4.69, 9.17) is 9.47 Å². The molecule has 200 valence electrons. The average Bonchev–Trinajstić information content (AvgIpc) is 2.91. The molecule has 4 rings (SSSR count). The molecule has 2 fully saturated rings. The van der Waals surface area contributed by atoms with Crippen LogP contribution in [0, 0.1) is 0 Å². The SMILES string of the molecule is C=CCN1CC[C@@]2(c3cccc(OC)c3)C[C@@H](NCC=Cc3cccc(C(F)(F)F)c3)CC[C@]2(OC)C1. The number of methoxy groups -OCH3 is 2. The fourth-order valence-electron chi connectivity index (χ4n) is 6.27. The fraction of sp³-hybridized carbons (Fsp3) is 0.467. The average molecular weight is 515 g/mol. The van der Waals surface area contributed by atoms with Crippen LogP contribution in [0.25, 0.3) is 6.08 Å². The van der Waals surface area contributed by atoms with E-state index in [1.165, 1.54) is 17.7 Å². The molecule has 0 radical (unpaired) electrons. The third-order valence-electron chi connectivity index (χ3n) is 8.15. The lowest BCUT2D eigenvalue weighted by molar-refractivity contribution is -0.147. The van der Waals surface area contributed by atoms with Crippen molar-refractivity contribution in [3.63, 3.8) is 0 Å². The monoisotopic (exact) mass is 514 g/mol. The zero-order valence-corrected chi connectivity index (χ0v) is 21.7. The van der Waals surface area contributed by atoms with Gasteiger partial charge in [-0.25, -0.2) is 0 Å². The molecule has 1 heterocycles. The summed E-state index contributed by atoms with van der Waals surface area (Å²) >= 11 is 0. The Morgan fingerprint density at radius 2 is 1.95 bits per heavy atom. The lowest BCUT2D eigenvalue weighted by Crippen LogP contribution is -2.67. The Morgan fingerprint density at radius 1 is 1.14 bits per heavy atom. The van der Waals surface area contributed by atoms with Crippen LogP contribution in [0.1, 0.15) is 42.4 Å². The van der Waals surface area contributed by atoms with Crippen LogP contribution in [0.3, 0.4) is 0 Å². The van der Waals surface area contributed by atoms with E-state index < -0.39 is 11.7 Å². The molecule has 2 aliphatic rings. The van der Waals surface area contributed by atoms with Gasteiger partial charge in [-0.1, -0.05) is 42.5 Å². The molecule has 1 aliphatic carbocycles. The van der Waals surface area contributed by atoms with Gasteiger partial charge in [0.2, 0.25) is 0 Å². The minimum absolute atomic E-state index is 0.186. The Hall–Kier alpha value is -2.61. The Kier molecular flexibility index (Phi) is 8.46. The first-order valence-electron chi connectivity index (χ1n) is 12.9.